The van der Waals surface area contributed by atoms with Gasteiger partial charge in [0, 0.05) is 12.1 Å². The second-order valence-corrected chi connectivity index (χ2v) is 6.08. The number of ether oxygens (including phenoxy) is 2. The highest BCUT2D eigenvalue weighted by Crippen LogP contribution is 2.32. The SMILES string of the molecule is COc1cc(F)c(NCc2nc(=O)cnn2Cc2cc(F)c(F)c(F)c2)cc1OC. The molecule has 1 N–H and O–H groups in total. The first kappa shape index (κ1) is 21.1. The molecule has 0 radical (unpaired) electrons. The van der Waals surface area contributed by atoms with Crippen molar-refractivity contribution in [2.75, 3.05) is 19.5 Å². The largest absolute Gasteiger partial charge is 0.493 e. The van der Waals surface area contributed by atoms with E-state index >= 15 is 0 Å². The Morgan fingerprint density at radius 1 is 0.967 bits per heavy atom. The third-order valence-electron chi connectivity index (χ3n) is 4.13. The topological polar surface area (TPSA) is 78.3 Å². The number of methoxy groups -OCH3 is 2. The third kappa shape index (κ3) is 4.50. The van der Waals surface area contributed by atoms with E-state index in [1.807, 2.05) is 0 Å². The van der Waals surface area contributed by atoms with Crippen molar-refractivity contribution in [3.05, 3.63) is 75.5 Å². The second-order valence-electron chi connectivity index (χ2n) is 6.08. The predicted octanol–water partition coefficient (Wildman–Crippen LogP) is 2.87. The average molecular weight is 424 g/mol. The van der Waals surface area contributed by atoms with E-state index in [1.54, 1.807) is 0 Å². The van der Waals surface area contributed by atoms with E-state index in [0.717, 1.165) is 24.4 Å². The van der Waals surface area contributed by atoms with Gasteiger partial charge in [-0.05, 0) is 17.7 Å². The monoisotopic (exact) mass is 424 g/mol. The third-order valence-corrected chi connectivity index (χ3v) is 4.13. The highest BCUT2D eigenvalue weighted by Gasteiger charge is 2.14. The van der Waals surface area contributed by atoms with Gasteiger partial charge in [-0.1, -0.05) is 0 Å². The number of benzene rings is 2. The van der Waals surface area contributed by atoms with Crippen molar-refractivity contribution in [3.63, 3.8) is 0 Å². The summed E-state index contributed by atoms with van der Waals surface area (Å²) < 4.78 is 65.7. The Hall–Kier alpha value is -3.63. The fraction of sp³-hybridized carbons (Fsp3) is 0.211. The molecule has 0 fully saturated rings. The van der Waals surface area contributed by atoms with Crippen LogP contribution >= 0.6 is 0 Å². The molecule has 2 aromatic carbocycles. The molecule has 0 atom stereocenters. The maximum Gasteiger partial charge on any atom is 0.291 e. The standard InChI is InChI=1S/C19H16F4N4O3/c1-29-15-5-11(20)14(6-16(15)30-2)24-7-17-26-18(28)8-25-27(17)9-10-3-12(21)19(23)13(22)4-10/h3-6,8,24H,7,9H2,1-2H3. The lowest BCUT2D eigenvalue weighted by Gasteiger charge is -2.14. The molecule has 0 aliphatic heterocycles. The molecule has 0 spiro atoms. The summed E-state index contributed by atoms with van der Waals surface area (Å²) in [4.78, 5) is 15.4. The van der Waals surface area contributed by atoms with Gasteiger partial charge in [0.25, 0.3) is 5.56 Å². The molecule has 11 heteroatoms. The van der Waals surface area contributed by atoms with Gasteiger partial charge in [-0.3, -0.25) is 4.79 Å². The first-order chi connectivity index (χ1) is 14.3. The number of nitrogens with zero attached hydrogens (tertiary/aromatic N) is 3. The lowest BCUT2D eigenvalue weighted by molar-refractivity contribution is 0.352. The van der Waals surface area contributed by atoms with Crippen LogP contribution in [0.15, 0.2) is 35.3 Å². The van der Waals surface area contributed by atoms with Crippen molar-refractivity contribution in [1.82, 2.24) is 14.8 Å². The van der Waals surface area contributed by atoms with Crippen molar-refractivity contribution >= 4 is 5.69 Å². The highest BCUT2D eigenvalue weighted by atomic mass is 19.2. The summed E-state index contributed by atoms with van der Waals surface area (Å²) in [6.07, 6.45) is 0.913. The summed E-state index contributed by atoms with van der Waals surface area (Å²) in [6.45, 7) is -0.353. The van der Waals surface area contributed by atoms with Crippen LogP contribution < -0.4 is 20.3 Å². The zero-order chi connectivity index (χ0) is 21.8. The van der Waals surface area contributed by atoms with Gasteiger partial charge in [-0.2, -0.15) is 10.1 Å². The lowest BCUT2D eigenvalue weighted by Crippen LogP contribution is -2.23. The second kappa shape index (κ2) is 8.80. The predicted molar refractivity (Wildman–Crippen MR) is 98.5 cm³/mol. The van der Waals surface area contributed by atoms with E-state index in [0.29, 0.717) is 0 Å². The zero-order valence-corrected chi connectivity index (χ0v) is 15.9. The summed E-state index contributed by atoms with van der Waals surface area (Å²) in [5.41, 5.74) is -0.564. The maximum atomic E-state index is 14.3. The van der Waals surface area contributed by atoms with Gasteiger partial charge in [0.2, 0.25) is 0 Å². The quantitative estimate of drug-likeness (QED) is 0.464. The van der Waals surface area contributed by atoms with E-state index in [2.05, 4.69) is 15.4 Å². The smallest absolute Gasteiger partial charge is 0.291 e. The molecule has 0 aliphatic carbocycles. The molecule has 0 unspecified atom stereocenters. The number of rotatable bonds is 7. The Bertz CT molecular complexity index is 1110. The Morgan fingerprint density at radius 3 is 2.23 bits per heavy atom. The number of hydrogen-bond donors (Lipinski definition) is 1. The zero-order valence-electron chi connectivity index (χ0n) is 15.9. The van der Waals surface area contributed by atoms with Crippen molar-refractivity contribution in [1.29, 1.82) is 0 Å². The van der Waals surface area contributed by atoms with E-state index in [-0.39, 0.29) is 41.7 Å². The normalized spacial score (nSPS) is 10.7. The summed E-state index contributed by atoms with van der Waals surface area (Å²) in [5.74, 6) is -4.42. The van der Waals surface area contributed by atoms with Crippen molar-refractivity contribution in [3.8, 4) is 11.5 Å². The number of hydrogen-bond acceptors (Lipinski definition) is 6. The fourth-order valence-corrected chi connectivity index (χ4v) is 2.70. The molecule has 1 aromatic heterocycles. The molecule has 0 amide bonds. The molecular formula is C19H16F4N4O3. The van der Waals surface area contributed by atoms with Crippen LogP contribution in [0.1, 0.15) is 11.4 Å². The van der Waals surface area contributed by atoms with Crippen LogP contribution in [0.4, 0.5) is 23.2 Å². The lowest BCUT2D eigenvalue weighted by atomic mass is 10.2. The number of aromatic nitrogens is 3. The van der Waals surface area contributed by atoms with Crippen LogP contribution in [-0.2, 0) is 13.1 Å². The van der Waals surface area contributed by atoms with Crippen LogP contribution in [0.3, 0.4) is 0 Å². The summed E-state index contributed by atoms with van der Waals surface area (Å²) in [7, 11) is 2.75. The Kier molecular flexibility index (Phi) is 6.19. The Labute approximate surface area is 167 Å². The molecule has 7 nitrogen and oxygen atoms in total. The maximum absolute atomic E-state index is 14.3. The minimum atomic E-state index is -1.59. The van der Waals surface area contributed by atoms with E-state index in [4.69, 9.17) is 9.47 Å². The number of nitrogens with one attached hydrogen (secondary N) is 1. The van der Waals surface area contributed by atoms with Crippen LogP contribution in [-0.4, -0.2) is 29.0 Å². The Morgan fingerprint density at radius 2 is 1.60 bits per heavy atom. The average Bonchev–Trinajstić information content (AvgIpc) is 2.72. The summed E-state index contributed by atoms with van der Waals surface area (Å²) in [6, 6.07) is 4.10. The van der Waals surface area contributed by atoms with Gasteiger partial charge in [-0.15, -0.1) is 0 Å². The van der Waals surface area contributed by atoms with Gasteiger partial charge in [0.05, 0.1) is 33.0 Å². The first-order valence-electron chi connectivity index (χ1n) is 8.54. The van der Waals surface area contributed by atoms with Crippen LogP contribution in [0, 0.1) is 23.3 Å². The van der Waals surface area contributed by atoms with Crippen molar-refractivity contribution in [2.45, 2.75) is 13.1 Å². The molecular weight excluding hydrogens is 408 g/mol. The Balaban J connectivity index is 1.87. The van der Waals surface area contributed by atoms with Gasteiger partial charge in [0.1, 0.15) is 17.8 Å². The van der Waals surface area contributed by atoms with Crippen LogP contribution in [0.2, 0.25) is 0 Å². The minimum absolute atomic E-state index is 0.0381. The fourth-order valence-electron chi connectivity index (χ4n) is 2.70. The van der Waals surface area contributed by atoms with Gasteiger partial charge in [0.15, 0.2) is 29.0 Å². The minimum Gasteiger partial charge on any atom is -0.493 e. The molecule has 3 rings (SSSR count). The molecule has 30 heavy (non-hydrogen) atoms. The summed E-state index contributed by atoms with van der Waals surface area (Å²) >= 11 is 0. The van der Waals surface area contributed by atoms with Gasteiger partial charge >= 0.3 is 0 Å². The van der Waals surface area contributed by atoms with Crippen molar-refractivity contribution in [2.24, 2.45) is 0 Å². The van der Waals surface area contributed by atoms with Gasteiger partial charge in [-0.25, -0.2) is 22.2 Å². The van der Waals surface area contributed by atoms with E-state index in [1.165, 1.54) is 25.0 Å². The number of anilines is 1. The highest BCUT2D eigenvalue weighted by molar-refractivity contribution is 5.56. The molecule has 1 heterocycles. The van der Waals surface area contributed by atoms with Crippen LogP contribution in [0.5, 0.6) is 11.5 Å². The molecule has 0 saturated heterocycles. The van der Waals surface area contributed by atoms with Gasteiger partial charge < -0.3 is 14.8 Å². The van der Waals surface area contributed by atoms with E-state index < -0.39 is 28.8 Å². The molecule has 3 aromatic rings. The first-order valence-corrected chi connectivity index (χ1v) is 8.54. The number of halogens is 4. The molecule has 0 bridgehead atoms. The van der Waals surface area contributed by atoms with Crippen LogP contribution in [0.25, 0.3) is 0 Å². The molecule has 0 saturated carbocycles. The van der Waals surface area contributed by atoms with Crippen molar-refractivity contribution < 1.29 is 27.0 Å². The van der Waals surface area contributed by atoms with E-state index in [9.17, 15) is 22.4 Å². The summed E-state index contributed by atoms with van der Waals surface area (Å²) in [5, 5.41) is 6.64. The molecule has 158 valence electrons. The molecule has 0 aliphatic rings.